The Morgan fingerprint density at radius 3 is 2.18 bits per heavy atom. The minimum absolute atomic E-state index is 0.0450. The Morgan fingerprint density at radius 2 is 1.67 bits per heavy atom. The second-order valence-corrected chi connectivity index (χ2v) is 13.4. The smallest absolute Gasteiger partial charge is 0.316 e. The summed E-state index contributed by atoms with van der Waals surface area (Å²) < 4.78 is 0.484. The van der Waals surface area contributed by atoms with Gasteiger partial charge in [0.25, 0.3) is 5.91 Å². The molecule has 5 N–H and O–H groups in total. The number of nitrogens with zero attached hydrogens (tertiary/aromatic N) is 2. The van der Waals surface area contributed by atoms with E-state index in [0.29, 0.717) is 17.4 Å². The standard InChI is InChI=1S/C30H45BrN6O6.C2H6/c1-8-17(4)15-19(24(39)26(32)40)34-27(41)20-12-10-14-37(20)28(42)25(30(5,6)7)36-29(43)35-22(16(2)3)23(38)18-11-9-13-21(31)33-18;1-2/h9,11,13,16-17,19-20,22,25H,8,10,12,14-15H2,1-7H3,(H2,32,40)(H,34,41)(H2,35,36,43);1-2H3. The van der Waals surface area contributed by atoms with Gasteiger partial charge in [-0.3, -0.25) is 24.0 Å². The number of rotatable bonds is 13. The van der Waals surface area contributed by atoms with Gasteiger partial charge in [-0.1, -0.05) is 74.8 Å². The number of urea groups is 1. The van der Waals surface area contributed by atoms with Crippen molar-refractivity contribution in [1.82, 2.24) is 25.8 Å². The normalized spacial score (nSPS) is 17.2. The average Bonchev–Trinajstić information content (AvgIpc) is 3.47. The van der Waals surface area contributed by atoms with Gasteiger partial charge in [0.05, 0.1) is 12.1 Å². The summed E-state index contributed by atoms with van der Waals surface area (Å²) >= 11 is 3.25. The number of Topliss-reactive ketones (excluding diaryl/α,β-unsaturated/α-hetero) is 2. The number of hydrogen-bond acceptors (Lipinski definition) is 7. The van der Waals surface area contributed by atoms with E-state index in [9.17, 15) is 28.8 Å². The van der Waals surface area contributed by atoms with Crippen LogP contribution in [0.5, 0.6) is 0 Å². The topological polar surface area (TPSA) is 181 Å². The Labute approximate surface area is 275 Å². The van der Waals surface area contributed by atoms with Crippen molar-refractivity contribution in [2.45, 2.75) is 112 Å². The molecule has 1 fully saturated rings. The zero-order chi connectivity index (χ0) is 34.6. The lowest BCUT2D eigenvalue weighted by atomic mass is 9.85. The predicted octanol–water partition coefficient (Wildman–Crippen LogP) is 3.76. The molecule has 2 heterocycles. The Kier molecular flexibility index (Phi) is 15.8. The number of primary amides is 1. The summed E-state index contributed by atoms with van der Waals surface area (Å²) in [7, 11) is 0. The lowest BCUT2D eigenvalue weighted by Gasteiger charge is -2.36. The SMILES string of the molecule is CC.CCC(C)CC(NC(=O)C1CCCN1C(=O)C(NC(=O)NC(C(=O)c1cccc(Br)n1)C(C)C)C(C)(C)C)C(=O)C(N)=O. The Balaban J connectivity index is 0.00000496. The number of halogens is 1. The van der Waals surface area contributed by atoms with Crippen LogP contribution in [0, 0.1) is 17.3 Å². The van der Waals surface area contributed by atoms with Crippen LogP contribution in [0.1, 0.15) is 98.5 Å². The first-order chi connectivity index (χ1) is 21.0. The molecular formula is C32H51BrN6O6. The molecule has 0 aromatic carbocycles. The fraction of sp³-hybridized carbons (Fsp3) is 0.656. The fourth-order valence-electron chi connectivity index (χ4n) is 4.91. The molecule has 1 aliphatic heterocycles. The van der Waals surface area contributed by atoms with Crippen molar-refractivity contribution in [3.8, 4) is 0 Å². The third kappa shape index (κ3) is 11.5. The van der Waals surface area contributed by atoms with E-state index in [1.807, 2.05) is 27.7 Å². The monoisotopic (exact) mass is 694 g/mol. The maximum Gasteiger partial charge on any atom is 0.316 e. The van der Waals surface area contributed by atoms with Gasteiger partial charge >= 0.3 is 6.03 Å². The van der Waals surface area contributed by atoms with Crippen molar-refractivity contribution >= 4 is 51.2 Å². The first kappa shape index (κ1) is 39.7. The predicted molar refractivity (Wildman–Crippen MR) is 176 cm³/mol. The summed E-state index contributed by atoms with van der Waals surface area (Å²) in [5.74, 6) is -3.66. The van der Waals surface area contributed by atoms with Crippen LogP contribution < -0.4 is 21.7 Å². The Morgan fingerprint density at radius 1 is 1.04 bits per heavy atom. The van der Waals surface area contributed by atoms with Crippen LogP contribution in [0.3, 0.4) is 0 Å². The number of aromatic nitrogens is 1. The first-order valence-corrected chi connectivity index (χ1v) is 16.4. The Bertz CT molecular complexity index is 1220. The molecule has 5 amide bonds. The maximum atomic E-state index is 13.9. The third-order valence-electron chi connectivity index (χ3n) is 7.64. The van der Waals surface area contributed by atoms with E-state index in [0.717, 1.165) is 6.42 Å². The van der Waals surface area contributed by atoms with Gasteiger partial charge < -0.3 is 26.6 Å². The average molecular weight is 696 g/mol. The largest absolute Gasteiger partial charge is 0.363 e. The quantitative estimate of drug-likeness (QED) is 0.138. The number of carbonyl (C=O) groups excluding carboxylic acids is 6. The van der Waals surface area contributed by atoms with Gasteiger partial charge in [-0.25, -0.2) is 9.78 Å². The second kappa shape index (κ2) is 18.0. The van der Waals surface area contributed by atoms with E-state index in [2.05, 4.69) is 36.9 Å². The van der Waals surface area contributed by atoms with E-state index in [1.165, 1.54) is 4.90 Å². The van der Waals surface area contributed by atoms with Crippen LogP contribution >= 0.6 is 15.9 Å². The first-order valence-electron chi connectivity index (χ1n) is 15.7. The molecule has 5 unspecified atom stereocenters. The maximum absolute atomic E-state index is 13.9. The van der Waals surface area contributed by atoms with E-state index in [1.54, 1.807) is 52.8 Å². The van der Waals surface area contributed by atoms with Crippen molar-refractivity contribution < 1.29 is 28.8 Å². The number of ketones is 2. The van der Waals surface area contributed by atoms with Crippen LogP contribution in [-0.4, -0.2) is 75.9 Å². The molecule has 1 saturated heterocycles. The summed E-state index contributed by atoms with van der Waals surface area (Å²) in [5.41, 5.74) is 4.65. The van der Waals surface area contributed by atoms with Crippen molar-refractivity contribution in [3.05, 3.63) is 28.5 Å². The van der Waals surface area contributed by atoms with E-state index in [4.69, 9.17) is 5.73 Å². The number of pyridine rings is 1. The highest BCUT2D eigenvalue weighted by atomic mass is 79.9. The molecular weight excluding hydrogens is 644 g/mol. The van der Waals surface area contributed by atoms with Crippen LogP contribution in [-0.2, 0) is 19.2 Å². The highest BCUT2D eigenvalue weighted by Gasteiger charge is 2.43. The van der Waals surface area contributed by atoms with Crippen LogP contribution in [0.25, 0.3) is 0 Å². The number of carbonyl (C=O) groups is 6. The van der Waals surface area contributed by atoms with Gasteiger partial charge in [-0.05, 0) is 64.6 Å². The van der Waals surface area contributed by atoms with E-state index in [-0.39, 0.29) is 36.3 Å². The number of nitrogens with two attached hydrogens (primary N) is 1. The second-order valence-electron chi connectivity index (χ2n) is 12.6. The lowest BCUT2D eigenvalue weighted by Crippen LogP contribution is -2.61. The molecule has 1 aromatic heterocycles. The van der Waals surface area contributed by atoms with Crippen molar-refractivity contribution in [1.29, 1.82) is 0 Å². The third-order valence-corrected chi connectivity index (χ3v) is 8.08. The minimum Gasteiger partial charge on any atom is -0.363 e. The Hall–Kier alpha value is -3.35. The molecule has 0 radical (unpaired) electrons. The molecule has 13 heteroatoms. The molecule has 1 aliphatic rings. The van der Waals surface area contributed by atoms with Crippen LogP contribution in [0.15, 0.2) is 22.8 Å². The molecule has 5 atom stereocenters. The highest BCUT2D eigenvalue weighted by Crippen LogP contribution is 2.26. The van der Waals surface area contributed by atoms with Crippen LogP contribution in [0.2, 0.25) is 0 Å². The van der Waals surface area contributed by atoms with Gasteiger partial charge in [0.1, 0.15) is 22.4 Å². The number of nitrogens with one attached hydrogen (secondary N) is 3. The number of amides is 5. The summed E-state index contributed by atoms with van der Waals surface area (Å²) in [6.45, 7) is 17.0. The van der Waals surface area contributed by atoms with Gasteiger partial charge in [-0.2, -0.15) is 0 Å². The van der Waals surface area contributed by atoms with Crippen LogP contribution in [0.4, 0.5) is 4.79 Å². The summed E-state index contributed by atoms with van der Waals surface area (Å²) in [6.07, 6.45) is 1.86. The molecule has 0 spiro atoms. The van der Waals surface area contributed by atoms with Gasteiger partial charge in [0.2, 0.25) is 23.4 Å². The van der Waals surface area contributed by atoms with Gasteiger partial charge in [-0.15, -0.1) is 0 Å². The zero-order valence-corrected chi connectivity index (χ0v) is 29.6. The summed E-state index contributed by atoms with van der Waals surface area (Å²) in [5, 5.41) is 8.09. The molecule has 0 bridgehead atoms. The van der Waals surface area contributed by atoms with Crippen molar-refractivity contribution in [2.75, 3.05) is 6.54 Å². The van der Waals surface area contributed by atoms with E-state index < -0.39 is 59.1 Å². The molecule has 0 aliphatic carbocycles. The van der Waals surface area contributed by atoms with Gasteiger partial charge in [0, 0.05) is 6.54 Å². The van der Waals surface area contributed by atoms with Gasteiger partial charge in [0.15, 0.2) is 0 Å². The molecule has 12 nitrogen and oxygen atoms in total. The summed E-state index contributed by atoms with van der Waals surface area (Å²) in [4.78, 5) is 83.3. The van der Waals surface area contributed by atoms with E-state index >= 15 is 0 Å². The fourth-order valence-corrected chi connectivity index (χ4v) is 5.26. The number of likely N-dealkylation sites (tertiary alicyclic amines) is 1. The zero-order valence-electron chi connectivity index (χ0n) is 28.0. The molecule has 1 aromatic rings. The molecule has 252 valence electrons. The lowest BCUT2D eigenvalue weighted by molar-refractivity contribution is -0.143. The molecule has 0 saturated carbocycles. The van der Waals surface area contributed by atoms with Crippen molar-refractivity contribution in [2.24, 2.45) is 23.0 Å². The number of hydrogen-bond donors (Lipinski definition) is 4. The highest BCUT2D eigenvalue weighted by molar-refractivity contribution is 9.10. The minimum atomic E-state index is -1.13. The summed E-state index contributed by atoms with van der Waals surface area (Å²) in [6, 6.07) is 0.274. The molecule has 45 heavy (non-hydrogen) atoms. The van der Waals surface area contributed by atoms with Crippen molar-refractivity contribution in [3.63, 3.8) is 0 Å². The molecule has 2 rings (SSSR count).